The highest BCUT2D eigenvalue weighted by Crippen LogP contribution is 2.22. The van der Waals surface area contributed by atoms with Gasteiger partial charge < -0.3 is 10.4 Å². The third-order valence-electron chi connectivity index (χ3n) is 2.35. The van der Waals surface area contributed by atoms with E-state index in [1.165, 1.54) is 5.56 Å². The van der Waals surface area contributed by atoms with Crippen LogP contribution < -0.4 is 5.32 Å². The van der Waals surface area contributed by atoms with Gasteiger partial charge >= 0.3 is 0 Å². The molecule has 0 aliphatic carbocycles. The van der Waals surface area contributed by atoms with Gasteiger partial charge in [0.15, 0.2) is 0 Å². The van der Waals surface area contributed by atoms with E-state index in [0.29, 0.717) is 0 Å². The fourth-order valence-corrected chi connectivity index (χ4v) is 1.69. The van der Waals surface area contributed by atoms with Gasteiger partial charge in [-0.1, -0.05) is 30.3 Å². The largest absolute Gasteiger partial charge is 0.391 e. The number of nitrogens with one attached hydrogen (secondary N) is 1. The molecule has 2 N–H and O–H groups in total. The molecule has 1 fully saturated rings. The molecule has 0 aromatic heterocycles. The Kier molecular flexibility index (Phi) is 3.72. The lowest BCUT2D eigenvalue weighted by Gasteiger charge is -2.14. The van der Waals surface area contributed by atoms with Crippen molar-refractivity contribution in [1.82, 2.24) is 5.32 Å². The molecule has 2 nitrogen and oxygen atoms in total. The first-order valence-electron chi connectivity index (χ1n) is 4.34. The van der Waals surface area contributed by atoms with Gasteiger partial charge in [-0.05, 0) is 18.5 Å². The third-order valence-corrected chi connectivity index (χ3v) is 2.35. The van der Waals surface area contributed by atoms with Crippen LogP contribution in [-0.2, 0) is 0 Å². The van der Waals surface area contributed by atoms with E-state index in [1.807, 2.05) is 30.3 Å². The average Bonchev–Trinajstić information content (AvgIpc) is 2.53. The number of benzene rings is 1. The quantitative estimate of drug-likeness (QED) is 0.719. The Morgan fingerprint density at radius 2 is 1.92 bits per heavy atom. The highest BCUT2D eigenvalue weighted by molar-refractivity contribution is 5.85. The summed E-state index contributed by atoms with van der Waals surface area (Å²) in [5, 5.41) is 12.9. The van der Waals surface area contributed by atoms with Crippen LogP contribution in [-0.4, -0.2) is 17.8 Å². The summed E-state index contributed by atoms with van der Waals surface area (Å²) in [5.74, 6) is 0. The maximum atomic E-state index is 9.58. The Labute approximate surface area is 84.4 Å². The van der Waals surface area contributed by atoms with Crippen LogP contribution in [0.2, 0.25) is 0 Å². The molecule has 1 aromatic carbocycles. The summed E-state index contributed by atoms with van der Waals surface area (Å²) in [6, 6.07) is 10.2. The topological polar surface area (TPSA) is 32.3 Å². The minimum atomic E-state index is -0.215. The van der Waals surface area contributed by atoms with E-state index in [4.69, 9.17) is 0 Å². The first kappa shape index (κ1) is 10.5. The summed E-state index contributed by atoms with van der Waals surface area (Å²) >= 11 is 0. The van der Waals surface area contributed by atoms with Gasteiger partial charge in [-0.15, -0.1) is 12.4 Å². The Balaban J connectivity index is 0.000000845. The zero-order valence-corrected chi connectivity index (χ0v) is 8.13. The van der Waals surface area contributed by atoms with E-state index in [2.05, 4.69) is 5.32 Å². The summed E-state index contributed by atoms with van der Waals surface area (Å²) in [5.41, 5.74) is 1.18. The van der Waals surface area contributed by atoms with Crippen molar-refractivity contribution in [1.29, 1.82) is 0 Å². The number of aliphatic hydroxyl groups is 1. The van der Waals surface area contributed by atoms with Gasteiger partial charge in [0, 0.05) is 0 Å². The second-order valence-corrected chi connectivity index (χ2v) is 3.20. The summed E-state index contributed by atoms with van der Waals surface area (Å²) in [6.45, 7) is 0.917. The molecule has 13 heavy (non-hydrogen) atoms. The Bertz CT molecular complexity index is 252. The molecule has 3 heteroatoms. The minimum absolute atomic E-state index is 0. The van der Waals surface area contributed by atoms with Crippen molar-refractivity contribution < 1.29 is 5.11 Å². The van der Waals surface area contributed by atoms with Crippen LogP contribution >= 0.6 is 12.4 Å². The molecule has 1 aliphatic rings. The standard InChI is InChI=1S/C10H13NO.ClH/c12-9-6-7-11-10(9)8-4-2-1-3-5-8;/h1-5,9-12H,6-7H2;1H. The van der Waals surface area contributed by atoms with Crippen LogP contribution in [0, 0.1) is 0 Å². The molecule has 0 spiro atoms. The number of aliphatic hydroxyl groups excluding tert-OH is 1. The molecule has 0 bridgehead atoms. The number of halogens is 1. The monoisotopic (exact) mass is 199 g/mol. The van der Waals surface area contributed by atoms with E-state index in [1.54, 1.807) is 0 Å². The van der Waals surface area contributed by atoms with Gasteiger partial charge in [0.25, 0.3) is 0 Å². The Morgan fingerprint density at radius 1 is 1.23 bits per heavy atom. The molecule has 1 aromatic rings. The van der Waals surface area contributed by atoms with E-state index < -0.39 is 0 Å². The minimum Gasteiger partial charge on any atom is -0.391 e. The maximum Gasteiger partial charge on any atom is 0.0747 e. The average molecular weight is 200 g/mol. The van der Waals surface area contributed by atoms with Crippen molar-refractivity contribution >= 4 is 12.4 Å². The molecule has 0 saturated carbocycles. The molecule has 72 valence electrons. The molecule has 1 heterocycles. The van der Waals surface area contributed by atoms with Crippen molar-refractivity contribution in [2.24, 2.45) is 0 Å². The fourth-order valence-electron chi connectivity index (χ4n) is 1.69. The van der Waals surface area contributed by atoms with Crippen LogP contribution in [0.25, 0.3) is 0 Å². The van der Waals surface area contributed by atoms with Crippen molar-refractivity contribution in [2.45, 2.75) is 18.6 Å². The normalized spacial score (nSPS) is 26.8. The predicted octanol–water partition coefficient (Wildman–Crippen LogP) is 1.50. The van der Waals surface area contributed by atoms with Gasteiger partial charge in [0.05, 0.1) is 12.1 Å². The lowest BCUT2D eigenvalue weighted by molar-refractivity contribution is 0.160. The molecule has 1 saturated heterocycles. The highest BCUT2D eigenvalue weighted by atomic mass is 35.5. The van der Waals surface area contributed by atoms with E-state index in [0.717, 1.165) is 13.0 Å². The van der Waals surface area contributed by atoms with E-state index in [-0.39, 0.29) is 24.6 Å². The van der Waals surface area contributed by atoms with Crippen molar-refractivity contribution in [3.05, 3.63) is 35.9 Å². The van der Waals surface area contributed by atoms with Crippen molar-refractivity contribution in [3.63, 3.8) is 0 Å². The molecule has 2 rings (SSSR count). The van der Waals surface area contributed by atoms with Gasteiger partial charge in [0.1, 0.15) is 0 Å². The van der Waals surface area contributed by atoms with Gasteiger partial charge in [-0.3, -0.25) is 0 Å². The van der Waals surface area contributed by atoms with Gasteiger partial charge in [0.2, 0.25) is 0 Å². The maximum absolute atomic E-state index is 9.58. The fraction of sp³-hybridized carbons (Fsp3) is 0.400. The van der Waals surface area contributed by atoms with Crippen LogP contribution in [0.5, 0.6) is 0 Å². The van der Waals surface area contributed by atoms with E-state index >= 15 is 0 Å². The predicted molar refractivity (Wildman–Crippen MR) is 55.1 cm³/mol. The summed E-state index contributed by atoms with van der Waals surface area (Å²) in [4.78, 5) is 0. The summed E-state index contributed by atoms with van der Waals surface area (Å²) in [6.07, 6.45) is 0.645. The Morgan fingerprint density at radius 3 is 2.46 bits per heavy atom. The summed E-state index contributed by atoms with van der Waals surface area (Å²) in [7, 11) is 0. The zero-order chi connectivity index (χ0) is 8.39. The van der Waals surface area contributed by atoms with E-state index in [9.17, 15) is 5.11 Å². The molecular formula is C10H14ClNO. The third kappa shape index (κ3) is 2.21. The lowest BCUT2D eigenvalue weighted by atomic mass is 10.0. The first-order chi connectivity index (χ1) is 5.88. The van der Waals surface area contributed by atoms with Gasteiger partial charge in [-0.2, -0.15) is 0 Å². The van der Waals surface area contributed by atoms with Crippen LogP contribution in [0.15, 0.2) is 30.3 Å². The zero-order valence-electron chi connectivity index (χ0n) is 7.31. The second kappa shape index (κ2) is 4.61. The molecule has 2 unspecified atom stereocenters. The van der Waals surface area contributed by atoms with Crippen LogP contribution in [0.1, 0.15) is 18.0 Å². The second-order valence-electron chi connectivity index (χ2n) is 3.20. The lowest BCUT2D eigenvalue weighted by Crippen LogP contribution is -2.20. The van der Waals surface area contributed by atoms with Crippen molar-refractivity contribution in [3.8, 4) is 0 Å². The molecule has 0 radical (unpaired) electrons. The number of rotatable bonds is 1. The van der Waals surface area contributed by atoms with Crippen LogP contribution in [0.4, 0.5) is 0 Å². The molecule has 0 amide bonds. The number of hydrogen-bond donors (Lipinski definition) is 2. The Hall–Kier alpha value is -0.570. The smallest absolute Gasteiger partial charge is 0.0747 e. The molecule has 2 atom stereocenters. The highest BCUT2D eigenvalue weighted by Gasteiger charge is 2.25. The SMILES string of the molecule is Cl.OC1CCNC1c1ccccc1. The van der Waals surface area contributed by atoms with Crippen LogP contribution in [0.3, 0.4) is 0 Å². The van der Waals surface area contributed by atoms with Gasteiger partial charge in [-0.25, -0.2) is 0 Å². The molecule has 1 aliphatic heterocycles. The summed E-state index contributed by atoms with van der Waals surface area (Å²) < 4.78 is 0. The number of hydrogen-bond acceptors (Lipinski definition) is 2. The molecular weight excluding hydrogens is 186 g/mol. The van der Waals surface area contributed by atoms with Crippen molar-refractivity contribution in [2.75, 3.05) is 6.54 Å². The first-order valence-corrected chi connectivity index (χ1v) is 4.34.